The highest BCUT2D eigenvalue weighted by atomic mass is 16.1. The van der Waals surface area contributed by atoms with E-state index in [1.807, 2.05) is 12.1 Å². The summed E-state index contributed by atoms with van der Waals surface area (Å²) < 4.78 is 2.32. The van der Waals surface area contributed by atoms with Gasteiger partial charge >= 0.3 is 0 Å². The predicted molar refractivity (Wildman–Crippen MR) is 131 cm³/mol. The van der Waals surface area contributed by atoms with Crippen LogP contribution in [-0.2, 0) is 19.5 Å². The van der Waals surface area contributed by atoms with E-state index in [9.17, 15) is 4.79 Å². The van der Waals surface area contributed by atoms with Gasteiger partial charge < -0.3 is 14.9 Å². The Morgan fingerprint density at radius 3 is 2.88 bits per heavy atom. The summed E-state index contributed by atoms with van der Waals surface area (Å²) in [4.78, 5) is 23.6. The van der Waals surface area contributed by atoms with Crippen LogP contribution in [0.5, 0.6) is 0 Å². The van der Waals surface area contributed by atoms with Crippen molar-refractivity contribution in [3.05, 3.63) is 65.6 Å². The number of para-hydroxylation sites is 1. The Morgan fingerprint density at radius 1 is 1.09 bits per heavy atom. The van der Waals surface area contributed by atoms with Crippen molar-refractivity contribution in [3.63, 3.8) is 0 Å². The summed E-state index contributed by atoms with van der Waals surface area (Å²) >= 11 is 0. The molecule has 2 aromatic carbocycles. The number of benzene rings is 2. The minimum Gasteiger partial charge on any atom is -0.361 e. The first-order valence-electron chi connectivity index (χ1n) is 12.3. The molecule has 4 aromatic rings. The number of rotatable bonds is 5. The molecule has 3 heterocycles. The summed E-state index contributed by atoms with van der Waals surface area (Å²) in [5.41, 5.74) is 5.37. The summed E-state index contributed by atoms with van der Waals surface area (Å²) in [6.07, 6.45) is 9.09. The Morgan fingerprint density at radius 2 is 1.97 bits per heavy atom. The lowest BCUT2D eigenvalue weighted by Crippen LogP contribution is -2.36. The van der Waals surface area contributed by atoms with Crippen LogP contribution in [0.15, 0.2) is 48.7 Å². The second kappa shape index (κ2) is 8.67. The number of amides is 1. The van der Waals surface area contributed by atoms with E-state index in [4.69, 9.17) is 4.98 Å². The Bertz CT molecular complexity index is 1300. The average Bonchev–Trinajstić information content (AvgIpc) is 3.43. The standard InChI is InChI=1S/C27H31N5O/c33-27(29-21-6-2-1-3-7-21)19-10-11-25-24(16-19)30-26-18-31(14-15-32(25)26)13-12-20-17-28-23-9-5-4-8-22(20)23/h4-5,8-11,16-17,21,28H,1-3,6-7,12-15,18H2,(H,29,33). The third-order valence-corrected chi connectivity index (χ3v) is 7.41. The molecule has 0 spiro atoms. The number of H-pyrrole nitrogens is 1. The molecule has 1 amide bonds. The van der Waals surface area contributed by atoms with Crippen LogP contribution in [0, 0.1) is 0 Å². The van der Waals surface area contributed by atoms with Crippen LogP contribution in [0.4, 0.5) is 0 Å². The third kappa shape index (κ3) is 4.04. The zero-order chi connectivity index (χ0) is 22.2. The number of fused-ring (bicyclic) bond motifs is 4. The number of carbonyl (C=O) groups is 1. The number of aromatic nitrogens is 3. The van der Waals surface area contributed by atoms with Crippen LogP contribution >= 0.6 is 0 Å². The molecule has 1 aliphatic heterocycles. The molecule has 2 aromatic heterocycles. The first-order chi connectivity index (χ1) is 16.2. The largest absolute Gasteiger partial charge is 0.361 e. The first kappa shape index (κ1) is 20.5. The van der Waals surface area contributed by atoms with Crippen LogP contribution in [0.1, 0.15) is 53.8 Å². The predicted octanol–water partition coefficient (Wildman–Crippen LogP) is 4.64. The Labute approximate surface area is 194 Å². The van der Waals surface area contributed by atoms with Crippen molar-refractivity contribution in [2.45, 2.75) is 57.7 Å². The van der Waals surface area contributed by atoms with Crippen LogP contribution in [0.25, 0.3) is 21.9 Å². The molecule has 6 rings (SSSR count). The van der Waals surface area contributed by atoms with E-state index >= 15 is 0 Å². The van der Waals surface area contributed by atoms with Gasteiger partial charge in [-0.15, -0.1) is 0 Å². The van der Waals surface area contributed by atoms with E-state index in [-0.39, 0.29) is 5.91 Å². The number of nitrogens with zero attached hydrogens (tertiary/aromatic N) is 3. The van der Waals surface area contributed by atoms with Crippen molar-refractivity contribution in [2.24, 2.45) is 0 Å². The van der Waals surface area contributed by atoms with Gasteiger partial charge in [-0.1, -0.05) is 37.5 Å². The molecular formula is C27H31N5O. The van der Waals surface area contributed by atoms with Gasteiger partial charge in [0.1, 0.15) is 5.82 Å². The highest BCUT2D eigenvalue weighted by molar-refractivity contribution is 5.97. The van der Waals surface area contributed by atoms with Crippen LogP contribution < -0.4 is 5.32 Å². The van der Waals surface area contributed by atoms with Crippen molar-refractivity contribution in [2.75, 3.05) is 13.1 Å². The van der Waals surface area contributed by atoms with Gasteiger partial charge in [0, 0.05) is 48.3 Å². The van der Waals surface area contributed by atoms with E-state index in [2.05, 4.69) is 56.3 Å². The molecule has 1 fully saturated rings. The number of hydrogen-bond acceptors (Lipinski definition) is 3. The topological polar surface area (TPSA) is 66.0 Å². The normalized spacial score (nSPS) is 17.5. The van der Waals surface area contributed by atoms with E-state index in [0.717, 1.165) is 67.9 Å². The Balaban J connectivity index is 1.14. The van der Waals surface area contributed by atoms with Gasteiger partial charge in [-0.05, 0) is 49.1 Å². The molecule has 0 atom stereocenters. The number of imidazole rings is 1. The minimum absolute atomic E-state index is 0.0372. The number of hydrogen-bond donors (Lipinski definition) is 2. The molecule has 2 aliphatic rings. The Kier molecular flexibility index (Phi) is 5.38. The number of aromatic amines is 1. The van der Waals surface area contributed by atoms with Crippen LogP contribution in [0.2, 0.25) is 0 Å². The molecule has 2 N–H and O–H groups in total. The average molecular weight is 442 g/mol. The van der Waals surface area contributed by atoms with Gasteiger partial charge in [0.2, 0.25) is 0 Å². The molecular weight excluding hydrogens is 410 g/mol. The highest BCUT2D eigenvalue weighted by Gasteiger charge is 2.22. The molecule has 0 saturated heterocycles. The second-order valence-corrected chi connectivity index (χ2v) is 9.58. The molecule has 1 aliphatic carbocycles. The molecule has 0 bridgehead atoms. The van der Waals surface area contributed by atoms with Crippen molar-refractivity contribution >= 4 is 27.8 Å². The van der Waals surface area contributed by atoms with E-state index in [0.29, 0.717) is 6.04 Å². The van der Waals surface area contributed by atoms with E-state index in [1.165, 1.54) is 35.7 Å². The smallest absolute Gasteiger partial charge is 0.251 e. The maximum absolute atomic E-state index is 12.8. The molecule has 1 saturated carbocycles. The molecule has 0 radical (unpaired) electrons. The highest BCUT2D eigenvalue weighted by Crippen LogP contribution is 2.24. The zero-order valence-electron chi connectivity index (χ0n) is 19.0. The van der Waals surface area contributed by atoms with Crippen molar-refractivity contribution in [3.8, 4) is 0 Å². The molecule has 0 unspecified atom stereocenters. The minimum atomic E-state index is 0.0372. The van der Waals surface area contributed by atoms with Crippen LogP contribution in [-0.4, -0.2) is 44.5 Å². The second-order valence-electron chi connectivity index (χ2n) is 9.58. The Hall–Kier alpha value is -3.12. The maximum atomic E-state index is 12.8. The summed E-state index contributed by atoms with van der Waals surface area (Å²) in [5, 5.41) is 4.55. The molecule has 6 nitrogen and oxygen atoms in total. The lowest BCUT2D eigenvalue weighted by atomic mass is 9.95. The van der Waals surface area contributed by atoms with Crippen LogP contribution in [0.3, 0.4) is 0 Å². The summed E-state index contributed by atoms with van der Waals surface area (Å²) in [6.45, 7) is 3.82. The summed E-state index contributed by atoms with van der Waals surface area (Å²) in [7, 11) is 0. The van der Waals surface area contributed by atoms with Gasteiger partial charge in [0.15, 0.2) is 0 Å². The van der Waals surface area contributed by atoms with Crippen molar-refractivity contribution < 1.29 is 4.79 Å². The molecule has 6 heteroatoms. The zero-order valence-corrected chi connectivity index (χ0v) is 19.0. The van der Waals surface area contributed by atoms with E-state index in [1.54, 1.807) is 0 Å². The summed E-state index contributed by atoms with van der Waals surface area (Å²) in [6, 6.07) is 14.8. The quantitative estimate of drug-likeness (QED) is 0.474. The third-order valence-electron chi connectivity index (χ3n) is 7.41. The fourth-order valence-electron chi connectivity index (χ4n) is 5.54. The van der Waals surface area contributed by atoms with Crippen molar-refractivity contribution in [1.29, 1.82) is 0 Å². The van der Waals surface area contributed by atoms with Crippen molar-refractivity contribution in [1.82, 2.24) is 24.8 Å². The lowest BCUT2D eigenvalue weighted by Gasteiger charge is -2.27. The molecule has 170 valence electrons. The monoisotopic (exact) mass is 441 g/mol. The fraction of sp³-hybridized carbons (Fsp3) is 0.407. The van der Waals surface area contributed by atoms with Gasteiger partial charge in [0.25, 0.3) is 5.91 Å². The SMILES string of the molecule is O=C(NC1CCCCC1)c1ccc2c(c1)nc1n2CCN(CCc2c[nH]c3ccccc23)C1. The van der Waals surface area contributed by atoms with Gasteiger partial charge in [-0.25, -0.2) is 4.98 Å². The number of carbonyl (C=O) groups excluding carboxylic acids is 1. The fourth-order valence-corrected chi connectivity index (χ4v) is 5.54. The maximum Gasteiger partial charge on any atom is 0.251 e. The lowest BCUT2D eigenvalue weighted by molar-refractivity contribution is 0.0928. The number of nitrogens with one attached hydrogen (secondary N) is 2. The molecule has 33 heavy (non-hydrogen) atoms. The van der Waals surface area contributed by atoms with Gasteiger partial charge in [0.05, 0.1) is 17.6 Å². The van der Waals surface area contributed by atoms with Gasteiger partial charge in [-0.3, -0.25) is 9.69 Å². The summed E-state index contributed by atoms with van der Waals surface area (Å²) in [5.74, 6) is 1.13. The van der Waals surface area contributed by atoms with Gasteiger partial charge in [-0.2, -0.15) is 0 Å². The van der Waals surface area contributed by atoms with E-state index < -0.39 is 0 Å². The first-order valence-corrected chi connectivity index (χ1v) is 12.3.